The molecule has 0 saturated heterocycles. The Balaban J connectivity index is 2.77. The van der Waals surface area contributed by atoms with Gasteiger partial charge in [0.1, 0.15) is 0 Å². The van der Waals surface area contributed by atoms with Crippen molar-refractivity contribution in [2.24, 2.45) is 5.11 Å². The maximum absolute atomic E-state index is 6.05. The molecule has 0 heterocycles. The van der Waals surface area contributed by atoms with Crippen molar-refractivity contribution in [2.45, 2.75) is 91.4 Å². The molecule has 0 fully saturated rings. The van der Waals surface area contributed by atoms with Gasteiger partial charge in [-0.2, -0.15) is 5.53 Å². The second-order valence-corrected chi connectivity index (χ2v) is 7.60. The number of hydrogen-bond acceptors (Lipinski definition) is 4. The van der Waals surface area contributed by atoms with E-state index in [9.17, 15) is 0 Å². The van der Waals surface area contributed by atoms with E-state index in [0.29, 0.717) is 25.5 Å². The zero-order chi connectivity index (χ0) is 21.2. The number of unbranched alkanes of at least 4 members (excludes halogenated alkanes) is 7. The van der Waals surface area contributed by atoms with Crippen LogP contribution in [0, 0.1) is 0 Å². The molecule has 0 atom stereocenters. The lowest BCUT2D eigenvalue weighted by molar-refractivity contribution is -0.210. The molecule has 0 bridgehead atoms. The van der Waals surface area contributed by atoms with Gasteiger partial charge >= 0.3 is 0 Å². The fraction of sp³-hybridized carbons (Fsp3) is 0.750. The molecule has 29 heavy (non-hydrogen) atoms. The third-order valence-corrected chi connectivity index (χ3v) is 4.92. The summed E-state index contributed by atoms with van der Waals surface area (Å²) < 4.78 is 17.8. The molecule has 0 aromatic heterocycles. The second-order valence-electron chi connectivity index (χ2n) is 7.60. The minimum absolute atomic E-state index is 0.617. The van der Waals surface area contributed by atoms with Crippen molar-refractivity contribution in [1.82, 2.24) is 0 Å². The van der Waals surface area contributed by atoms with Crippen molar-refractivity contribution in [3.05, 3.63) is 17.7 Å². The van der Waals surface area contributed by atoms with Crippen LogP contribution in [-0.4, -0.2) is 26.4 Å². The van der Waals surface area contributed by atoms with Crippen molar-refractivity contribution >= 4 is 5.69 Å². The van der Waals surface area contributed by atoms with Crippen LogP contribution in [0.3, 0.4) is 0 Å². The summed E-state index contributed by atoms with van der Waals surface area (Å²) in [5, 5.41) is 3.98. The number of ether oxygens (including phenoxy) is 3. The average Bonchev–Trinajstić information content (AvgIpc) is 2.73. The van der Waals surface area contributed by atoms with Crippen LogP contribution in [0.15, 0.2) is 17.2 Å². The minimum atomic E-state index is 0.617. The van der Waals surface area contributed by atoms with Crippen molar-refractivity contribution in [2.75, 3.05) is 26.4 Å². The Morgan fingerprint density at radius 2 is 1.24 bits per heavy atom. The number of rotatable bonds is 19. The maximum atomic E-state index is 6.05. The number of hydrogen-bond donors (Lipinski definition) is 1. The van der Waals surface area contributed by atoms with E-state index >= 15 is 0 Å². The van der Waals surface area contributed by atoms with Crippen molar-refractivity contribution in [3.63, 3.8) is 0 Å². The van der Waals surface area contributed by atoms with Gasteiger partial charge in [0.05, 0.1) is 19.8 Å². The van der Waals surface area contributed by atoms with E-state index in [4.69, 9.17) is 19.7 Å². The molecule has 1 aromatic rings. The Labute approximate surface area is 178 Å². The third-order valence-electron chi connectivity index (χ3n) is 4.92. The molecule has 0 aliphatic heterocycles. The van der Waals surface area contributed by atoms with Crippen LogP contribution in [-0.2, 0) is 11.2 Å². The van der Waals surface area contributed by atoms with Crippen molar-refractivity contribution in [1.29, 1.82) is 0 Å². The fourth-order valence-corrected chi connectivity index (χ4v) is 3.09. The Morgan fingerprint density at radius 3 is 1.72 bits per heavy atom. The van der Waals surface area contributed by atoms with Gasteiger partial charge in [-0.3, -0.25) is 0 Å². The van der Waals surface area contributed by atoms with Crippen LogP contribution in [0.4, 0.5) is 5.69 Å². The lowest BCUT2D eigenvalue weighted by Gasteiger charge is -2.14. The molecule has 5 nitrogen and oxygen atoms in total. The third kappa shape index (κ3) is 11.2. The van der Waals surface area contributed by atoms with Crippen LogP contribution in [0.2, 0.25) is 0 Å². The summed E-state index contributed by atoms with van der Waals surface area (Å²) >= 11 is 0. The van der Waals surface area contributed by atoms with E-state index in [2.05, 4.69) is 25.9 Å². The Bertz CT molecular complexity index is 514. The summed E-state index contributed by atoms with van der Waals surface area (Å²) in [4.78, 5) is 0. The van der Waals surface area contributed by atoms with Gasteiger partial charge in [-0.15, -0.1) is 0 Å². The summed E-state index contributed by atoms with van der Waals surface area (Å²) in [6.45, 7) is 9.46. The number of nitrogens with two attached hydrogens (primary N) is 1. The van der Waals surface area contributed by atoms with Crippen LogP contribution in [0.1, 0.15) is 90.5 Å². The van der Waals surface area contributed by atoms with E-state index in [0.717, 1.165) is 55.8 Å². The topological polar surface area (TPSA) is 65.6 Å². The van der Waals surface area contributed by atoms with E-state index < -0.39 is 0 Å². The molecule has 0 aliphatic carbocycles. The molecule has 1 rings (SSSR count). The van der Waals surface area contributed by atoms with Crippen molar-refractivity contribution < 1.29 is 19.7 Å². The molecule has 0 radical (unpaired) electrons. The Hall–Kier alpha value is -1.62. The first-order valence-corrected chi connectivity index (χ1v) is 11.7. The van der Waals surface area contributed by atoms with Crippen LogP contribution in [0.5, 0.6) is 11.5 Å². The smallest absolute Gasteiger partial charge is 0.213 e. The van der Waals surface area contributed by atoms with Gasteiger partial charge in [0, 0.05) is 6.61 Å². The first-order valence-electron chi connectivity index (χ1n) is 11.7. The minimum Gasteiger partial charge on any atom is -0.491 e. The van der Waals surface area contributed by atoms with Gasteiger partial charge in [-0.1, -0.05) is 65.7 Å². The van der Waals surface area contributed by atoms with Gasteiger partial charge < -0.3 is 14.2 Å². The molecule has 0 amide bonds. The summed E-state index contributed by atoms with van der Waals surface area (Å²) in [5.41, 5.74) is 7.46. The molecule has 0 aliphatic rings. The van der Waals surface area contributed by atoms with Crippen LogP contribution in [0.25, 0.3) is 0 Å². The van der Waals surface area contributed by atoms with E-state index in [-0.39, 0.29) is 0 Å². The molecule has 0 saturated carbocycles. The molecule has 0 spiro atoms. The van der Waals surface area contributed by atoms with Gasteiger partial charge in [-0.25, -0.2) is 0 Å². The van der Waals surface area contributed by atoms with E-state index in [1.54, 1.807) is 0 Å². The summed E-state index contributed by atoms with van der Waals surface area (Å²) in [7, 11) is 0. The lowest BCUT2D eigenvalue weighted by atomic mass is 10.1. The van der Waals surface area contributed by atoms with Gasteiger partial charge in [0.15, 0.2) is 11.5 Å². The summed E-state index contributed by atoms with van der Waals surface area (Å²) in [6.07, 6.45) is 12.4. The van der Waals surface area contributed by atoms with Crippen molar-refractivity contribution in [3.8, 4) is 11.5 Å². The van der Waals surface area contributed by atoms with Crippen LogP contribution >= 0.6 is 0 Å². The maximum Gasteiger partial charge on any atom is 0.213 e. The largest absolute Gasteiger partial charge is 0.491 e. The highest BCUT2D eigenvalue weighted by atomic mass is 16.5. The second kappa shape index (κ2) is 17.3. The highest BCUT2D eigenvalue weighted by Crippen LogP contribution is 2.38. The molecular formula is C24H43N2O3+. The molecule has 0 unspecified atom stereocenters. The van der Waals surface area contributed by atoms with Crippen LogP contribution < -0.4 is 15.0 Å². The highest BCUT2D eigenvalue weighted by molar-refractivity contribution is 5.63. The molecule has 2 N–H and O–H groups in total. The SMILES string of the molecule is CCCCCCOc1cc(CCOCCCC)cc(OCCCCCC)c1N=[NH2+]. The predicted octanol–water partition coefficient (Wildman–Crippen LogP) is 5.81. The Kier molecular flexibility index (Phi) is 15.1. The standard InChI is InChI=1S/C24H42N2O3/c1-4-7-10-12-16-28-22-19-21(14-18-27-15-9-6-3)20-23(24(22)26-25)29-17-13-11-8-5-2/h19-20,25H,4-18H2,1-3H3/p+1. The molecule has 1 aromatic carbocycles. The monoisotopic (exact) mass is 407 g/mol. The quantitative estimate of drug-likeness (QED) is 0.232. The van der Waals surface area contributed by atoms with Gasteiger partial charge in [0.2, 0.25) is 5.69 Å². The number of nitrogens with zero attached hydrogens (tertiary/aromatic N) is 1. The zero-order valence-electron chi connectivity index (χ0n) is 19.0. The first-order chi connectivity index (χ1) is 14.3. The molecule has 5 heteroatoms. The van der Waals surface area contributed by atoms with Gasteiger partial charge in [-0.05, 0) is 48.5 Å². The first kappa shape index (κ1) is 25.4. The normalized spacial score (nSPS) is 10.9. The number of benzene rings is 1. The predicted molar refractivity (Wildman–Crippen MR) is 119 cm³/mol. The summed E-state index contributed by atoms with van der Waals surface area (Å²) in [5.74, 6) is 1.44. The van der Waals surface area contributed by atoms with Gasteiger partial charge in [0.25, 0.3) is 0 Å². The fourth-order valence-electron chi connectivity index (χ4n) is 3.09. The molecular weight excluding hydrogens is 364 g/mol. The molecule has 166 valence electrons. The zero-order valence-corrected chi connectivity index (χ0v) is 19.0. The van der Waals surface area contributed by atoms with E-state index in [1.165, 1.54) is 38.5 Å². The summed E-state index contributed by atoms with van der Waals surface area (Å²) in [6, 6.07) is 4.08. The highest BCUT2D eigenvalue weighted by Gasteiger charge is 2.16. The van der Waals surface area contributed by atoms with E-state index in [1.807, 2.05) is 12.1 Å². The average molecular weight is 408 g/mol. The Morgan fingerprint density at radius 1 is 0.690 bits per heavy atom. The lowest BCUT2D eigenvalue weighted by Crippen LogP contribution is -2.22.